The van der Waals surface area contributed by atoms with Gasteiger partial charge in [0.15, 0.2) is 0 Å². The molecule has 8 heteroatoms. The molecule has 2 fully saturated rings. The van der Waals surface area contributed by atoms with Gasteiger partial charge in [-0.05, 0) is 49.2 Å². The Kier molecular flexibility index (Phi) is 7.29. The van der Waals surface area contributed by atoms with Crippen LogP contribution in [-0.4, -0.2) is 75.4 Å². The van der Waals surface area contributed by atoms with Crippen LogP contribution in [0.25, 0.3) is 0 Å². The van der Waals surface area contributed by atoms with Crippen molar-refractivity contribution in [3.05, 3.63) is 46.5 Å². The van der Waals surface area contributed by atoms with Gasteiger partial charge in [-0.15, -0.1) is 5.10 Å². The highest BCUT2D eigenvalue weighted by molar-refractivity contribution is 7.07. The number of piperidine rings is 1. The van der Waals surface area contributed by atoms with Crippen LogP contribution in [0, 0.1) is 12.8 Å². The van der Waals surface area contributed by atoms with Gasteiger partial charge in [-0.25, -0.2) is 0 Å². The van der Waals surface area contributed by atoms with Gasteiger partial charge in [-0.2, -0.15) is 0 Å². The molecule has 3 heterocycles. The Morgan fingerprint density at radius 3 is 2.55 bits per heavy atom. The molecular formula is C23H31N5O2S. The van der Waals surface area contributed by atoms with Gasteiger partial charge in [-0.3, -0.25) is 14.5 Å². The number of aryl methyl sites for hydroxylation is 1. The third-order valence-corrected chi connectivity index (χ3v) is 7.21. The number of likely N-dealkylation sites (tertiary alicyclic amines) is 1. The van der Waals surface area contributed by atoms with E-state index < -0.39 is 0 Å². The van der Waals surface area contributed by atoms with E-state index in [2.05, 4.69) is 38.8 Å². The number of carbonyl (C=O) groups is 2. The van der Waals surface area contributed by atoms with E-state index in [0.717, 1.165) is 65.1 Å². The molecule has 166 valence electrons. The molecule has 2 aliphatic rings. The van der Waals surface area contributed by atoms with Crippen molar-refractivity contribution in [2.75, 3.05) is 39.3 Å². The molecule has 2 saturated heterocycles. The van der Waals surface area contributed by atoms with E-state index in [1.165, 1.54) is 17.1 Å². The van der Waals surface area contributed by atoms with Crippen LogP contribution >= 0.6 is 11.5 Å². The lowest BCUT2D eigenvalue weighted by molar-refractivity contribution is -0.133. The molecule has 2 amide bonds. The van der Waals surface area contributed by atoms with E-state index in [1.54, 1.807) is 0 Å². The summed E-state index contributed by atoms with van der Waals surface area (Å²) in [5, 5.41) is 3.96. The molecule has 1 aromatic heterocycles. The van der Waals surface area contributed by atoms with E-state index in [-0.39, 0.29) is 11.8 Å². The summed E-state index contributed by atoms with van der Waals surface area (Å²) >= 11 is 1.17. The highest BCUT2D eigenvalue weighted by Crippen LogP contribution is 2.24. The minimum atomic E-state index is 0.0399. The summed E-state index contributed by atoms with van der Waals surface area (Å²) in [6.45, 7) is 7.75. The minimum Gasteiger partial charge on any atom is -0.340 e. The monoisotopic (exact) mass is 441 g/mol. The molecule has 0 bridgehead atoms. The maximum atomic E-state index is 12.8. The van der Waals surface area contributed by atoms with Gasteiger partial charge in [-0.1, -0.05) is 34.8 Å². The average molecular weight is 442 g/mol. The first-order chi connectivity index (χ1) is 15.1. The lowest BCUT2D eigenvalue weighted by Crippen LogP contribution is -2.48. The lowest BCUT2D eigenvalue weighted by atomic mass is 9.93. The van der Waals surface area contributed by atoms with Gasteiger partial charge < -0.3 is 9.80 Å². The second-order valence-electron chi connectivity index (χ2n) is 8.63. The van der Waals surface area contributed by atoms with Crippen molar-refractivity contribution < 1.29 is 9.59 Å². The average Bonchev–Trinajstić information content (AvgIpc) is 3.24. The third-order valence-electron chi connectivity index (χ3n) is 6.39. The van der Waals surface area contributed by atoms with Crippen LogP contribution in [0.4, 0.5) is 0 Å². The van der Waals surface area contributed by atoms with Gasteiger partial charge in [0.25, 0.3) is 5.91 Å². The zero-order valence-electron chi connectivity index (χ0n) is 18.2. The van der Waals surface area contributed by atoms with Crippen LogP contribution in [-0.2, 0) is 11.3 Å². The molecule has 7 nitrogen and oxygen atoms in total. The van der Waals surface area contributed by atoms with E-state index in [9.17, 15) is 9.59 Å². The summed E-state index contributed by atoms with van der Waals surface area (Å²) in [6, 6.07) is 10.5. The second kappa shape index (κ2) is 10.3. The third kappa shape index (κ3) is 5.68. The van der Waals surface area contributed by atoms with Crippen LogP contribution < -0.4 is 0 Å². The molecule has 0 saturated carbocycles. The molecule has 1 unspecified atom stereocenters. The van der Waals surface area contributed by atoms with E-state index >= 15 is 0 Å². The number of nitrogens with zero attached hydrogens (tertiary/aromatic N) is 5. The number of rotatable bonds is 6. The van der Waals surface area contributed by atoms with Gasteiger partial charge in [0.2, 0.25) is 5.91 Å². The Labute approximate surface area is 188 Å². The van der Waals surface area contributed by atoms with Gasteiger partial charge >= 0.3 is 0 Å². The van der Waals surface area contributed by atoms with Crippen molar-refractivity contribution in [1.29, 1.82) is 0 Å². The number of hydrogen-bond acceptors (Lipinski definition) is 6. The molecule has 4 rings (SSSR count). The topological polar surface area (TPSA) is 69.6 Å². The van der Waals surface area contributed by atoms with Crippen molar-refractivity contribution in [3.63, 3.8) is 0 Å². The first kappa shape index (κ1) is 21.9. The predicted octanol–water partition coefficient (Wildman–Crippen LogP) is 2.82. The Morgan fingerprint density at radius 2 is 1.84 bits per heavy atom. The molecule has 2 aromatic rings. The second-order valence-corrected chi connectivity index (χ2v) is 9.38. The lowest BCUT2D eigenvalue weighted by Gasteiger charge is -2.36. The van der Waals surface area contributed by atoms with E-state index in [1.807, 2.05) is 22.8 Å². The number of carbonyl (C=O) groups excluding carboxylic acids is 2. The maximum Gasteiger partial charge on any atom is 0.267 e. The molecule has 0 radical (unpaired) electrons. The maximum absolute atomic E-state index is 12.8. The van der Waals surface area contributed by atoms with Crippen molar-refractivity contribution >= 4 is 23.3 Å². The van der Waals surface area contributed by atoms with E-state index in [0.29, 0.717) is 22.9 Å². The Balaban J connectivity index is 1.20. The normalized spacial score (nSPS) is 20.1. The quantitative estimate of drug-likeness (QED) is 0.690. The van der Waals surface area contributed by atoms with Crippen LogP contribution in [0.15, 0.2) is 30.3 Å². The SMILES string of the molecule is Cc1nnsc1C(=O)N1CCCC(CCC(=O)N2CCN(Cc3ccccc3)CC2)C1. The summed E-state index contributed by atoms with van der Waals surface area (Å²) in [4.78, 5) is 32.5. The largest absolute Gasteiger partial charge is 0.340 e. The van der Waals surface area contributed by atoms with Crippen LogP contribution in [0.3, 0.4) is 0 Å². The summed E-state index contributed by atoms with van der Waals surface area (Å²) in [6.07, 6.45) is 3.51. The zero-order valence-corrected chi connectivity index (χ0v) is 19.0. The number of aromatic nitrogens is 2. The van der Waals surface area contributed by atoms with Crippen molar-refractivity contribution in [1.82, 2.24) is 24.3 Å². The van der Waals surface area contributed by atoms with E-state index in [4.69, 9.17) is 0 Å². The van der Waals surface area contributed by atoms with Gasteiger partial charge in [0.1, 0.15) is 4.88 Å². The number of benzene rings is 1. The number of amides is 2. The van der Waals surface area contributed by atoms with Gasteiger partial charge in [0.05, 0.1) is 5.69 Å². The van der Waals surface area contributed by atoms with Crippen molar-refractivity contribution in [3.8, 4) is 0 Å². The van der Waals surface area contributed by atoms with Crippen LogP contribution in [0.1, 0.15) is 46.6 Å². The van der Waals surface area contributed by atoms with Crippen molar-refractivity contribution in [2.45, 2.75) is 39.2 Å². The summed E-state index contributed by atoms with van der Waals surface area (Å²) in [5.41, 5.74) is 2.03. The Morgan fingerprint density at radius 1 is 1.06 bits per heavy atom. The fraction of sp³-hybridized carbons (Fsp3) is 0.565. The fourth-order valence-electron chi connectivity index (χ4n) is 4.54. The molecule has 31 heavy (non-hydrogen) atoms. The number of piperazine rings is 1. The zero-order chi connectivity index (χ0) is 21.6. The molecule has 1 atom stereocenters. The van der Waals surface area contributed by atoms with Crippen LogP contribution in [0.2, 0.25) is 0 Å². The summed E-state index contributed by atoms with van der Waals surface area (Å²) < 4.78 is 3.89. The molecule has 0 aliphatic carbocycles. The standard InChI is InChI=1S/C23H31N5O2S/c1-18-22(31-25-24-18)23(30)28-11-5-8-20(17-28)9-10-21(29)27-14-12-26(13-15-27)16-19-6-3-2-4-7-19/h2-4,6-7,20H,5,8-17H2,1H3. The smallest absolute Gasteiger partial charge is 0.267 e. The van der Waals surface area contributed by atoms with Crippen LogP contribution in [0.5, 0.6) is 0 Å². The molecule has 1 aromatic carbocycles. The molecule has 2 aliphatic heterocycles. The predicted molar refractivity (Wildman–Crippen MR) is 121 cm³/mol. The van der Waals surface area contributed by atoms with Gasteiger partial charge in [0, 0.05) is 52.2 Å². The summed E-state index contributed by atoms with van der Waals surface area (Å²) in [7, 11) is 0. The molecular weight excluding hydrogens is 410 g/mol. The molecule has 0 N–H and O–H groups in total. The Hall–Kier alpha value is -2.32. The summed E-state index contributed by atoms with van der Waals surface area (Å²) in [5.74, 6) is 0.686. The first-order valence-corrected chi connectivity index (χ1v) is 12.0. The molecule has 0 spiro atoms. The number of hydrogen-bond donors (Lipinski definition) is 0. The minimum absolute atomic E-state index is 0.0399. The Bertz CT molecular complexity index is 879. The highest BCUT2D eigenvalue weighted by Gasteiger charge is 2.28. The highest BCUT2D eigenvalue weighted by atomic mass is 32.1. The first-order valence-electron chi connectivity index (χ1n) is 11.2. The van der Waals surface area contributed by atoms with Crippen molar-refractivity contribution in [2.24, 2.45) is 5.92 Å². The fourth-order valence-corrected chi connectivity index (χ4v) is 5.16.